The minimum absolute atomic E-state index is 0.00938. The number of halogens is 1. The zero-order valence-corrected chi connectivity index (χ0v) is 24.1. The first-order chi connectivity index (χ1) is 20.6. The largest absolute Gasteiger partial charge is 0.496 e. The van der Waals surface area contributed by atoms with Crippen LogP contribution in [0.15, 0.2) is 34.3 Å². The Labute approximate surface area is 248 Å². The summed E-state index contributed by atoms with van der Waals surface area (Å²) < 4.78 is 33.9. The predicted molar refractivity (Wildman–Crippen MR) is 152 cm³/mol. The number of nitrogens with one attached hydrogen (secondary N) is 2. The lowest BCUT2D eigenvalue weighted by atomic mass is 9.66. The number of benzene rings is 2. The van der Waals surface area contributed by atoms with Gasteiger partial charge in [0.05, 0.1) is 26.9 Å². The van der Waals surface area contributed by atoms with E-state index in [2.05, 4.69) is 15.3 Å². The van der Waals surface area contributed by atoms with Crippen molar-refractivity contribution in [1.82, 2.24) is 9.97 Å². The van der Waals surface area contributed by atoms with Crippen LogP contribution in [0.4, 0.5) is 11.8 Å². The van der Waals surface area contributed by atoms with Crippen LogP contribution in [0, 0.1) is 5.92 Å². The number of anilines is 2. The number of methoxy groups -OCH3 is 3. The minimum atomic E-state index is -2.00. The molecular formula is C29H25ClN4O9. The summed E-state index contributed by atoms with van der Waals surface area (Å²) in [6, 6.07) is 4.79. The number of aromatic nitrogens is 2. The Morgan fingerprint density at radius 3 is 2.47 bits per heavy atom. The summed E-state index contributed by atoms with van der Waals surface area (Å²) in [5, 5.41) is 3.17. The maximum Gasteiger partial charge on any atom is 0.258 e. The maximum absolute atomic E-state index is 14.9. The Hall–Kier alpha value is -4.91. The lowest BCUT2D eigenvalue weighted by Gasteiger charge is -2.42. The van der Waals surface area contributed by atoms with Gasteiger partial charge in [-0.1, -0.05) is 18.5 Å². The number of allylic oxidation sites excluding steroid dienone is 1. The van der Waals surface area contributed by atoms with Gasteiger partial charge >= 0.3 is 0 Å². The van der Waals surface area contributed by atoms with Crippen molar-refractivity contribution >= 4 is 34.9 Å². The van der Waals surface area contributed by atoms with Crippen LogP contribution in [0.3, 0.4) is 0 Å². The van der Waals surface area contributed by atoms with E-state index in [1.54, 1.807) is 19.1 Å². The molecule has 4 N–H and O–H groups in total. The molecule has 4 heterocycles. The molecule has 0 saturated heterocycles. The van der Waals surface area contributed by atoms with Crippen molar-refractivity contribution in [2.45, 2.75) is 24.9 Å². The SMILES string of the molecule is COc1cc(OC)c2c(c1Cl)OC1(C(=O)C3=C(CC1C)Nc1nc(N)[nH]c(=O)c1C3c1cc(OC)c3c(c1)OCO3)C2=O. The van der Waals surface area contributed by atoms with Gasteiger partial charge in [0.2, 0.25) is 35.7 Å². The number of ether oxygens (including phenoxy) is 6. The smallest absolute Gasteiger partial charge is 0.258 e. The first-order valence-electron chi connectivity index (χ1n) is 13.2. The first-order valence-corrected chi connectivity index (χ1v) is 13.6. The van der Waals surface area contributed by atoms with Crippen LogP contribution in [-0.2, 0) is 4.79 Å². The van der Waals surface area contributed by atoms with Crippen LogP contribution in [0.25, 0.3) is 0 Å². The second-order valence-electron chi connectivity index (χ2n) is 10.5. The van der Waals surface area contributed by atoms with Crippen LogP contribution in [0.2, 0.25) is 5.02 Å². The third-order valence-corrected chi connectivity index (χ3v) is 8.72. The third kappa shape index (κ3) is 3.51. The van der Waals surface area contributed by atoms with E-state index in [0.29, 0.717) is 28.5 Å². The number of carbonyl (C=O) groups is 2. The van der Waals surface area contributed by atoms with E-state index in [9.17, 15) is 14.4 Å². The molecule has 1 spiro atoms. The van der Waals surface area contributed by atoms with Gasteiger partial charge in [-0.2, -0.15) is 4.98 Å². The molecule has 3 aromatic rings. The molecule has 3 aliphatic heterocycles. The van der Waals surface area contributed by atoms with Crippen LogP contribution < -0.4 is 45.0 Å². The molecule has 1 aliphatic carbocycles. The third-order valence-electron chi connectivity index (χ3n) is 8.36. The molecule has 3 unspecified atom stereocenters. The van der Waals surface area contributed by atoms with Gasteiger partial charge in [0, 0.05) is 29.2 Å². The molecule has 3 atom stereocenters. The van der Waals surface area contributed by atoms with Crippen LogP contribution >= 0.6 is 11.6 Å². The fourth-order valence-electron chi connectivity index (χ4n) is 6.42. The lowest BCUT2D eigenvalue weighted by Crippen LogP contribution is -2.58. The molecule has 2 aromatic carbocycles. The zero-order valence-electron chi connectivity index (χ0n) is 23.4. The number of nitrogens with zero attached hydrogens (tertiary/aromatic N) is 1. The highest BCUT2D eigenvalue weighted by atomic mass is 35.5. The summed E-state index contributed by atoms with van der Waals surface area (Å²) in [6.45, 7) is 1.70. The topological polar surface area (TPSA) is 173 Å². The van der Waals surface area contributed by atoms with E-state index in [1.807, 2.05) is 0 Å². The summed E-state index contributed by atoms with van der Waals surface area (Å²) in [5.74, 6) is -1.41. The summed E-state index contributed by atoms with van der Waals surface area (Å²) in [5.41, 5.74) is 4.55. The molecule has 0 fully saturated rings. The highest BCUT2D eigenvalue weighted by molar-refractivity contribution is 6.36. The van der Waals surface area contributed by atoms with E-state index in [4.69, 9.17) is 45.8 Å². The summed E-state index contributed by atoms with van der Waals surface area (Å²) in [4.78, 5) is 49.6. The average molecular weight is 609 g/mol. The quantitative estimate of drug-likeness (QED) is 0.370. The highest BCUT2D eigenvalue weighted by Gasteiger charge is 2.63. The van der Waals surface area contributed by atoms with E-state index >= 15 is 0 Å². The number of hydrogen-bond donors (Lipinski definition) is 3. The lowest BCUT2D eigenvalue weighted by molar-refractivity contribution is -0.130. The molecule has 0 bridgehead atoms. The molecule has 7 rings (SSSR count). The van der Waals surface area contributed by atoms with Crippen LogP contribution in [0.5, 0.6) is 34.5 Å². The van der Waals surface area contributed by atoms with Crippen molar-refractivity contribution in [3.63, 3.8) is 0 Å². The van der Waals surface area contributed by atoms with Gasteiger partial charge in [-0.05, 0) is 24.1 Å². The molecular weight excluding hydrogens is 584 g/mol. The molecule has 0 radical (unpaired) electrons. The highest BCUT2D eigenvalue weighted by Crippen LogP contribution is 2.57. The number of rotatable bonds is 4. The fourth-order valence-corrected chi connectivity index (χ4v) is 6.68. The second kappa shape index (κ2) is 9.30. The second-order valence-corrected chi connectivity index (χ2v) is 10.9. The summed E-state index contributed by atoms with van der Waals surface area (Å²) in [7, 11) is 4.27. The van der Waals surface area contributed by atoms with E-state index in [1.165, 1.54) is 27.4 Å². The van der Waals surface area contributed by atoms with Gasteiger partial charge in [0.25, 0.3) is 5.56 Å². The van der Waals surface area contributed by atoms with Gasteiger partial charge in [-0.15, -0.1) is 0 Å². The number of fused-ring (bicyclic) bond motifs is 3. The molecule has 13 nitrogen and oxygen atoms in total. The van der Waals surface area contributed by atoms with Gasteiger partial charge in [0.1, 0.15) is 27.9 Å². The Morgan fingerprint density at radius 1 is 1.00 bits per heavy atom. The molecule has 222 valence electrons. The number of Topliss-reactive ketones (excluding diaryl/α,β-unsaturated/α-hetero) is 2. The zero-order chi connectivity index (χ0) is 30.4. The Balaban J connectivity index is 1.46. The summed E-state index contributed by atoms with van der Waals surface area (Å²) in [6.07, 6.45) is 0.184. The van der Waals surface area contributed by atoms with Crippen molar-refractivity contribution < 1.29 is 38.0 Å². The fraction of sp³-hybridized carbons (Fsp3) is 0.310. The van der Waals surface area contributed by atoms with Gasteiger partial charge in [-0.25, -0.2) is 0 Å². The van der Waals surface area contributed by atoms with Crippen molar-refractivity contribution in [3.05, 3.63) is 61.5 Å². The predicted octanol–water partition coefficient (Wildman–Crippen LogP) is 3.19. The molecule has 0 saturated carbocycles. The Kier molecular flexibility index (Phi) is 5.83. The minimum Gasteiger partial charge on any atom is -0.496 e. The number of nitrogen functional groups attached to an aromatic ring is 1. The van der Waals surface area contributed by atoms with E-state index in [0.717, 1.165) is 0 Å². The van der Waals surface area contributed by atoms with Crippen molar-refractivity contribution in [1.29, 1.82) is 0 Å². The van der Waals surface area contributed by atoms with Gasteiger partial charge in [0.15, 0.2) is 17.2 Å². The molecule has 0 amide bonds. The Bertz CT molecular complexity index is 1870. The monoisotopic (exact) mass is 608 g/mol. The number of nitrogens with two attached hydrogens (primary N) is 1. The van der Waals surface area contributed by atoms with E-state index < -0.39 is 34.6 Å². The number of hydrogen-bond acceptors (Lipinski definition) is 12. The molecule has 43 heavy (non-hydrogen) atoms. The standard InChI is InChI=1S/C29H25ClN4O9/c1-10-5-12-18(24(35)29(10)25(36)19-13(38-2)8-14(39-3)21(30)23(19)43-29)17(20-26(32-12)33-28(31)34-27(20)37)11-6-15(40-4)22-16(7-11)41-9-42-22/h6-8,10,17H,5,9H2,1-4H3,(H4,31,32,33,34,37). The normalized spacial score (nSPS) is 22.9. The first kappa shape index (κ1) is 27.0. The molecule has 4 aliphatic rings. The summed E-state index contributed by atoms with van der Waals surface area (Å²) >= 11 is 6.60. The maximum atomic E-state index is 14.9. The average Bonchev–Trinajstić information content (AvgIpc) is 3.58. The van der Waals surface area contributed by atoms with Crippen molar-refractivity contribution in [3.8, 4) is 34.5 Å². The Morgan fingerprint density at radius 2 is 1.74 bits per heavy atom. The van der Waals surface area contributed by atoms with Crippen molar-refractivity contribution in [2.75, 3.05) is 39.2 Å². The van der Waals surface area contributed by atoms with Gasteiger partial charge < -0.3 is 39.5 Å². The number of H-pyrrole nitrogens is 1. The van der Waals surface area contributed by atoms with Crippen LogP contribution in [-0.4, -0.2) is 55.3 Å². The van der Waals surface area contributed by atoms with Crippen LogP contribution in [0.1, 0.15) is 40.7 Å². The number of aromatic amines is 1. The van der Waals surface area contributed by atoms with Gasteiger partial charge in [-0.3, -0.25) is 19.4 Å². The van der Waals surface area contributed by atoms with Crippen molar-refractivity contribution in [2.24, 2.45) is 5.92 Å². The molecule has 1 aromatic heterocycles. The number of carbonyl (C=O) groups excluding carboxylic acids is 2. The van der Waals surface area contributed by atoms with E-state index in [-0.39, 0.29) is 64.0 Å². The molecule has 14 heteroatoms. The number of ketones is 2.